The number of esters is 3. The molecule has 2 aliphatic rings. The highest BCUT2D eigenvalue weighted by molar-refractivity contribution is 6.07. The molecular formula is C56H50O12. The van der Waals surface area contributed by atoms with Gasteiger partial charge in [0.1, 0.15) is 48.4 Å². The minimum absolute atomic E-state index is 0.121. The summed E-state index contributed by atoms with van der Waals surface area (Å²) in [5.41, 5.74) is 4.51. The van der Waals surface area contributed by atoms with Gasteiger partial charge in [0, 0.05) is 34.1 Å². The zero-order valence-corrected chi connectivity index (χ0v) is 38.0. The molecule has 12 nitrogen and oxygen atoms in total. The van der Waals surface area contributed by atoms with E-state index in [-0.39, 0.29) is 30.1 Å². The van der Waals surface area contributed by atoms with Gasteiger partial charge in [-0.3, -0.25) is 0 Å². The second-order valence-corrected chi connectivity index (χ2v) is 16.4. The molecule has 1 fully saturated rings. The average molecular weight is 915 g/mol. The molecule has 1 aliphatic carbocycles. The lowest BCUT2D eigenvalue weighted by atomic mass is 9.77. The fourth-order valence-corrected chi connectivity index (χ4v) is 8.94. The van der Waals surface area contributed by atoms with Gasteiger partial charge in [0.25, 0.3) is 0 Å². The summed E-state index contributed by atoms with van der Waals surface area (Å²) in [6, 6.07) is 45.7. The molecule has 12 heteroatoms. The van der Waals surface area contributed by atoms with Gasteiger partial charge in [0.05, 0.1) is 49.5 Å². The lowest BCUT2D eigenvalue weighted by Gasteiger charge is -2.41. The van der Waals surface area contributed by atoms with Crippen LogP contribution in [0.3, 0.4) is 0 Å². The molecule has 0 unspecified atom stereocenters. The van der Waals surface area contributed by atoms with Crippen molar-refractivity contribution in [3.8, 4) is 34.1 Å². The Bertz CT molecular complexity index is 2910. The van der Waals surface area contributed by atoms with E-state index in [4.69, 9.17) is 42.6 Å². The number of rotatable bonds is 15. The van der Waals surface area contributed by atoms with E-state index in [1.54, 1.807) is 80.9 Å². The van der Waals surface area contributed by atoms with E-state index >= 15 is 0 Å². The van der Waals surface area contributed by atoms with Gasteiger partial charge in [0.2, 0.25) is 0 Å². The van der Waals surface area contributed by atoms with Crippen molar-refractivity contribution in [2.45, 2.75) is 63.7 Å². The highest BCUT2D eigenvalue weighted by atomic mass is 16.7. The average Bonchev–Trinajstić information content (AvgIpc) is 3.38. The Hall–Kier alpha value is -7.67. The number of carbonyl (C=O) groups excluding carboxylic acids is 3. The number of carbonyl (C=O) groups is 3. The van der Waals surface area contributed by atoms with Crippen LogP contribution in [0.5, 0.6) is 23.0 Å². The highest BCUT2D eigenvalue weighted by Crippen LogP contribution is 2.61. The normalized spacial score (nSPS) is 18.3. The Labute approximate surface area is 394 Å². The van der Waals surface area contributed by atoms with Crippen LogP contribution in [0, 0.1) is 0 Å². The fourth-order valence-electron chi connectivity index (χ4n) is 8.94. The van der Waals surface area contributed by atoms with E-state index in [0.29, 0.717) is 68.7 Å². The van der Waals surface area contributed by atoms with Crippen LogP contribution < -0.4 is 18.9 Å². The summed E-state index contributed by atoms with van der Waals surface area (Å²) in [6.07, 6.45) is -3.86. The largest absolute Gasteiger partial charge is 0.496 e. The van der Waals surface area contributed by atoms with Crippen molar-refractivity contribution in [2.75, 3.05) is 21.3 Å². The minimum atomic E-state index is -1.27. The maximum atomic E-state index is 14.5. The molecule has 1 heterocycles. The Morgan fingerprint density at radius 2 is 1.13 bits per heavy atom. The van der Waals surface area contributed by atoms with Crippen LogP contribution in [0.4, 0.5) is 0 Å². The molecule has 7 aromatic rings. The summed E-state index contributed by atoms with van der Waals surface area (Å²) in [6.45, 7) is 2.19. The summed E-state index contributed by atoms with van der Waals surface area (Å²) in [7, 11) is 4.43. The molecule has 0 aromatic heterocycles. The van der Waals surface area contributed by atoms with Crippen LogP contribution in [0.15, 0.2) is 152 Å². The first kappa shape index (κ1) is 45.5. The fraction of sp³-hybridized carbons (Fsp3) is 0.232. The molecule has 0 bridgehead atoms. The molecule has 0 amide bonds. The zero-order valence-electron chi connectivity index (χ0n) is 38.0. The smallest absolute Gasteiger partial charge is 0.338 e. The Kier molecular flexibility index (Phi) is 13.7. The van der Waals surface area contributed by atoms with E-state index in [1.807, 2.05) is 91.9 Å². The first-order valence-corrected chi connectivity index (χ1v) is 22.4. The first-order chi connectivity index (χ1) is 33.3. The van der Waals surface area contributed by atoms with Crippen LogP contribution >= 0.6 is 0 Å². The maximum Gasteiger partial charge on any atom is 0.338 e. The predicted octanol–water partition coefficient (Wildman–Crippen LogP) is 11.2. The summed E-state index contributed by atoms with van der Waals surface area (Å²) in [5, 5.41) is 1.23. The van der Waals surface area contributed by atoms with Crippen LogP contribution in [-0.4, -0.2) is 57.7 Å². The van der Waals surface area contributed by atoms with E-state index in [2.05, 4.69) is 0 Å². The third-order valence-electron chi connectivity index (χ3n) is 12.2. The molecule has 0 N–H and O–H groups in total. The first-order valence-electron chi connectivity index (χ1n) is 22.4. The summed E-state index contributed by atoms with van der Waals surface area (Å²) >= 11 is 0. The van der Waals surface area contributed by atoms with Gasteiger partial charge < -0.3 is 42.6 Å². The third-order valence-corrected chi connectivity index (χ3v) is 12.2. The summed E-state index contributed by atoms with van der Waals surface area (Å²) in [5.74, 6) is -0.189. The zero-order chi connectivity index (χ0) is 47.1. The van der Waals surface area contributed by atoms with Crippen molar-refractivity contribution < 1.29 is 57.0 Å². The molecule has 1 saturated heterocycles. The standard InChI is InChI=1S/C56H50O12/c1-34-42(66-55(58)37-22-13-7-14-23-37)28-29-45(65-34)67-53-49-48(50(60-2)40-26-17-27-43(47(40)52(49)61-3)63-32-35-18-9-5-10-19-35)46-41(51(53)68-56(59)38-24-15-8-16-25-38)30-39(54(57)62-4)31-44(46)64-33-36-20-11-6-12-21-36/h5-27,30-31,34,42,45,51,53H,28-29,32-33H2,1-4H3/t34-,42-,45-,51-,53-/m0/s1. The van der Waals surface area contributed by atoms with Gasteiger partial charge >= 0.3 is 17.9 Å². The molecule has 0 saturated carbocycles. The van der Waals surface area contributed by atoms with Crippen molar-refractivity contribution >= 4 is 28.7 Å². The van der Waals surface area contributed by atoms with Crippen molar-refractivity contribution in [1.29, 1.82) is 0 Å². The summed E-state index contributed by atoms with van der Waals surface area (Å²) in [4.78, 5) is 41.3. The van der Waals surface area contributed by atoms with Crippen LogP contribution in [-0.2, 0) is 36.9 Å². The topological polar surface area (TPSA) is 134 Å². The second-order valence-electron chi connectivity index (χ2n) is 16.4. The Morgan fingerprint density at radius 3 is 1.71 bits per heavy atom. The lowest BCUT2D eigenvalue weighted by Crippen LogP contribution is -2.42. The van der Waals surface area contributed by atoms with Crippen LogP contribution in [0.1, 0.15) is 85.3 Å². The molecule has 346 valence electrons. The monoisotopic (exact) mass is 914 g/mol. The highest BCUT2D eigenvalue weighted by Gasteiger charge is 2.47. The van der Waals surface area contributed by atoms with Crippen molar-refractivity contribution in [3.63, 3.8) is 0 Å². The Morgan fingerprint density at radius 1 is 0.559 bits per heavy atom. The van der Waals surface area contributed by atoms with Crippen molar-refractivity contribution in [1.82, 2.24) is 0 Å². The molecule has 0 spiro atoms. The maximum absolute atomic E-state index is 14.5. The third kappa shape index (κ3) is 9.33. The predicted molar refractivity (Wildman–Crippen MR) is 253 cm³/mol. The van der Waals surface area contributed by atoms with E-state index < -0.39 is 48.6 Å². The molecule has 1 aliphatic heterocycles. The van der Waals surface area contributed by atoms with Gasteiger partial charge in [-0.1, -0.05) is 109 Å². The Balaban J connectivity index is 1.24. The number of hydrogen-bond acceptors (Lipinski definition) is 12. The second kappa shape index (κ2) is 20.5. The molecular weight excluding hydrogens is 865 g/mol. The number of fused-ring (bicyclic) bond motifs is 4. The van der Waals surface area contributed by atoms with Gasteiger partial charge in [0.15, 0.2) is 12.4 Å². The van der Waals surface area contributed by atoms with E-state index in [9.17, 15) is 14.4 Å². The molecule has 0 radical (unpaired) electrons. The van der Waals surface area contributed by atoms with Crippen LogP contribution in [0.25, 0.3) is 21.9 Å². The quantitative estimate of drug-likeness (QED) is 0.0716. The van der Waals surface area contributed by atoms with Crippen LogP contribution in [0.2, 0.25) is 0 Å². The molecule has 7 aromatic carbocycles. The number of benzene rings is 7. The van der Waals surface area contributed by atoms with Gasteiger partial charge in [-0.25, -0.2) is 14.4 Å². The minimum Gasteiger partial charge on any atom is -0.496 e. The number of methoxy groups -OCH3 is 3. The van der Waals surface area contributed by atoms with E-state index in [0.717, 1.165) is 11.1 Å². The number of hydrogen-bond donors (Lipinski definition) is 0. The van der Waals surface area contributed by atoms with E-state index in [1.165, 1.54) is 7.11 Å². The lowest BCUT2D eigenvalue weighted by molar-refractivity contribution is -0.249. The number of ether oxygens (including phenoxy) is 9. The van der Waals surface area contributed by atoms with Crippen molar-refractivity contribution in [2.24, 2.45) is 0 Å². The molecule has 9 rings (SSSR count). The molecule has 5 atom stereocenters. The van der Waals surface area contributed by atoms with Crippen molar-refractivity contribution in [3.05, 3.63) is 191 Å². The summed E-state index contributed by atoms with van der Waals surface area (Å²) < 4.78 is 57.9. The van der Waals surface area contributed by atoms with Gasteiger partial charge in [-0.15, -0.1) is 0 Å². The molecule has 68 heavy (non-hydrogen) atoms. The van der Waals surface area contributed by atoms with Gasteiger partial charge in [-0.2, -0.15) is 0 Å². The van der Waals surface area contributed by atoms with Gasteiger partial charge in [-0.05, 0) is 66.9 Å². The SMILES string of the molecule is COC(=O)c1cc(OCc2ccccc2)c2c(c1)[C@H](OC(=O)c1ccccc1)[C@@H](O[C@H]1CC[C@H](OC(=O)c3ccccc3)[C@H](C)O1)c1c-2c(OC)c2cccc(OCc3ccccc3)c2c1OC.